The van der Waals surface area contributed by atoms with Crippen LogP contribution in [0.25, 0.3) is 5.95 Å². The van der Waals surface area contributed by atoms with Crippen molar-refractivity contribution in [1.82, 2.24) is 19.5 Å². The molecule has 3 heterocycles. The molecule has 2 aromatic heterocycles. The SMILES string of the molecule is Cc1nccn1-c1nccc(N2C[C@@H](CC(=O)O)[C@H](O)C2)n1. The maximum Gasteiger partial charge on any atom is 0.303 e. The first-order valence-electron chi connectivity index (χ1n) is 7.03. The molecule has 1 saturated heterocycles. The lowest BCUT2D eigenvalue weighted by Crippen LogP contribution is -2.22. The number of hydrogen-bond acceptors (Lipinski definition) is 6. The Labute approximate surface area is 127 Å². The maximum absolute atomic E-state index is 10.8. The molecule has 8 nitrogen and oxygen atoms in total. The molecule has 22 heavy (non-hydrogen) atoms. The highest BCUT2D eigenvalue weighted by Crippen LogP contribution is 2.25. The second-order valence-electron chi connectivity index (χ2n) is 5.39. The van der Waals surface area contributed by atoms with Crippen LogP contribution in [0.15, 0.2) is 24.7 Å². The molecular formula is C14H17N5O3. The van der Waals surface area contributed by atoms with Gasteiger partial charge < -0.3 is 15.1 Å². The van der Waals surface area contributed by atoms with E-state index >= 15 is 0 Å². The van der Waals surface area contributed by atoms with E-state index in [1.54, 1.807) is 29.2 Å². The third kappa shape index (κ3) is 2.77. The van der Waals surface area contributed by atoms with Gasteiger partial charge in [0, 0.05) is 37.6 Å². The van der Waals surface area contributed by atoms with Gasteiger partial charge in [-0.15, -0.1) is 0 Å². The average molecular weight is 303 g/mol. The van der Waals surface area contributed by atoms with Gasteiger partial charge in [-0.1, -0.05) is 0 Å². The predicted octanol–water partition coefficient (Wildman–Crippen LogP) is 0.243. The topological polar surface area (TPSA) is 104 Å². The fourth-order valence-electron chi connectivity index (χ4n) is 2.69. The smallest absolute Gasteiger partial charge is 0.303 e. The zero-order valence-electron chi connectivity index (χ0n) is 12.1. The Hall–Kier alpha value is -2.48. The van der Waals surface area contributed by atoms with Crippen molar-refractivity contribution in [2.24, 2.45) is 5.92 Å². The van der Waals surface area contributed by atoms with Gasteiger partial charge in [0.05, 0.1) is 12.5 Å². The summed E-state index contributed by atoms with van der Waals surface area (Å²) >= 11 is 0. The van der Waals surface area contributed by atoms with Gasteiger partial charge in [-0.25, -0.2) is 9.97 Å². The van der Waals surface area contributed by atoms with E-state index in [2.05, 4.69) is 15.0 Å². The van der Waals surface area contributed by atoms with Gasteiger partial charge in [-0.3, -0.25) is 9.36 Å². The number of anilines is 1. The maximum atomic E-state index is 10.8. The lowest BCUT2D eigenvalue weighted by Gasteiger charge is -2.17. The monoisotopic (exact) mass is 303 g/mol. The molecule has 2 aromatic rings. The number of aliphatic hydroxyl groups excluding tert-OH is 1. The standard InChI is InChI=1S/C14H17N5O3/c1-9-15-4-5-19(9)14-16-3-2-12(17-14)18-7-10(6-13(21)22)11(20)8-18/h2-5,10-11,20H,6-8H2,1H3,(H,21,22)/t10-,11-/m1/s1. The molecule has 1 aliphatic rings. The van der Waals surface area contributed by atoms with Crippen LogP contribution in [-0.2, 0) is 4.79 Å². The third-order valence-electron chi connectivity index (χ3n) is 3.84. The summed E-state index contributed by atoms with van der Waals surface area (Å²) in [7, 11) is 0. The molecule has 3 rings (SSSR count). The molecule has 0 aliphatic carbocycles. The molecule has 1 fully saturated rings. The Kier molecular flexibility index (Phi) is 3.76. The largest absolute Gasteiger partial charge is 0.481 e. The first-order valence-corrected chi connectivity index (χ1v) is 7.03. The highest BCUT2D eigenvalue weighted by molar-refractivity contribution is 5.67. The van der Waals surface area contributed by atoms with Gasteiger partial charge in [-0.2, -0.15) is 4.98 Å². The summed E-state index contributed by atoms with van der Waals surface area (Å²) in [6, 6.07) is 1.76. The van der Waals surface area contributed by atoms with Crippen LogP contribution in [0.5, 0.6) is 0 Å². The quantitative estimate of drug-likeness (QED) is 0.833. The van der Waals surface area contributed by atoms with Gasteiger partial charge in [-0.05, 0) is 13.0 Å². The van der Waals surface area contributed by atoms with E-state index in [0.717, 1.165) is 5.82 Å². The van der Waals surface area contributed by atoms with E-state index in [-0.39, 0.29) is 12.3 Å². The fraction of sp³-hybridized carbons (Fsp3) is 0.429. The minimum absolute atomic E-state index is 0.0454. The van der Waals surface area contributed by atoms with Crippen molar-refractivity contribution in [3.8, 4) is 5.95 Å². The van der Waals surface area contributed by atoms with Crippen LogP contribution in [0.4, 0.5) is 5.82 Å². The summed E-state index contributed by atoms with van der Waals surface area (Å²) in [6.45, 7) is 2.70. The number of aliphatic carboxylic acids is 1. The first kappa shape index (κ1) is 14.5. The molecule has 0 radical (unpaired) electrons. The van der Waals surface area contributed by atoms with E-state index in [1.807, 2.05) is 11.8 Å². The van der Waals surface area contributed by atoms with Crippen LogP contribution in [0.3, 0.4) is 0 Å². The van der Waals surface area contributed by atoms with Gasteiger partial charge >= 0.3 is 5.97 Å². The summed E-state index contributed by atoms with van der Waals surface area (Å²) in [5.74, 6) is 0.769. The minimum atomic E-state index is -0.900. The molecule has 8 heteroatoms. The molecule has 2 N–H and O–H groups in total. The highest BCUT2D eigenvalue weighted by atomic mass is 16.4. The molecule has 0 amide bonds. The zero-order chi connectivity index (χ0) is 15.7. The van der Waals surface area contributed by atoms with Crippen molar-refractivity contribution < 1.29 is 15.0 Å². The Morgan fingerprint density at radius 2 is 2.18 bits per heavy atom. The third-order valence-corrected chi connectivity index (χ3v) is 3.84. The Bertz CT molecular complexity index is 687. The Morgan fingerprint density at radius 1 is 1.36 bits per heavy atom. The van der Waals surface area contributed by atoms with E-state index in [1.165, 1.54) is 0 Å². The van der Waals surface area contributed by atoms with Gasteiger partial charge in [0.15, 0.2) is 0 Å². The average Bonchev–Trinajstić information content (AvgIpc) is 3.05. The molecule has 0 bridgehead atoms. The van der Waals surface area contributed by atoms with Crippen LogP contribution >= 0.6 is 0 Å². The predicted molar refractivity (Wildman–Crippen MR) is 77.9 cm³/mol. The lowest BCUT2D eigenvalue weighted by molar-refractivity contribution is -0.138. The molecule has 0 saturated carbocycles. The van der Waals surface area contributed by atoms with Crippen molar-refractivity contribution in [2.45, 2.75) is 19.4 Å². The summed E-state index contributed by atoms with van der Waals surface area (Å²) < 4.78 is 1.77. The molecule has 2 atom stereocenters. The summed E-state index contributed by atoms with van der Waals surface area (Å²) in [6.07, 6.45) is 4.39. The van der Waals surface area contributed by atoms with Crippen molar-refractivity contribution in [3.63, 3.8) is 0 Å². The van der Waals surface area contributed by atoms with Gasteiger partial charge in [0.1, 0.15) is 11.6 Å². The zero-order valence-corrected chi connectivity index (χ0v) is 12.1. The van der Waals surface area contributed by atoms with Gasteiger partial charge in [0.25, 0.3) is 0 Å². The summed E-state index contributed by atoms with van der Waals surface area (Å²) in [4.78, 5) is 25.6. The van der Waals surface area contributed by atoms with Gasteiger partial charge in [0.2, 0.25) is 5.95 Å². The number of aryl methyl sites for hydroxylation is 1. The normalized spacial score (nSPS) is 21.3. The number of nitrogens with zero attached hydrogens (tertiary/aromatic N) is 5. The van der Waals surface area contributed by atoms with E-state index in [0.29, 0.717) is 24.9 Å². The van der Waals surface area contributed by atoms with Crippen LogP contribution in [0.2, 0.25) is 0 Å². The molecule has 0 spiro atoms. The summed E-state index contributed by atoms with van der Waals surface area (Å²) in [5.41, 5.74) is 0. The Morgan fingerprint density at radius 3 is 2.86 bits per heavy atom. The number of carbonyl (C=O) groups is 1. The van der Waals surface area contributed by atoms with Crippen molar-refractivity contribution in [3.05, 3.63) is 30.5 Å². The van der Waals surface area contributed by atoms with Crippen molar-refractivity contribution >= 4 is 11.8 Å². The van der Waals surface area contributed by atoms with Crippen molar-refractivity contribution in [2.75, 3.05) is 18.0 Å². The van der Waals surface area contributed by atoms with E-state index in [9.17, 15) is 9.90 Å². The number of carboxylic acid groups (broad SMARTS) is 1. The van der Waals surface area contributed by atoms with E-state index in [4.69, 9.17) is 5.11 Å². The van der Waals surface area contributed by atoms with E-state index < -0.39 is 12.1 Å². The number of carboxylic acids is 1. The van der Waals surface area contributed by atoms with Crippen LogP contribution < -0.4 is 4.90 Å². The Balaban J connectivity index is 1.82. The summed E-state index contributed by atoms with van der Waals surface area (Å²) in [5, 5.41) is 18.9. The minimum Gasteiger partial charge on any atom is -0.481 e. The second-order valence-corrected chi connectivity index (χ2v) is 5.39. The number of hydrogen-bond donors (Lipinski definition) is 2. The molecular weight excluding hydrogens is 286 g/mol. The van der Waals surface area contributed by atoms with Crippen LogP contribution in [0, 0.1) is 12.8 Å². The second kappa shape index (κ2) is 5.72. The molecule has 0 aromatic carbocycles. The lowest BCUT2D eigenvalue weighted by atomic mass is 10.0. The number of rotatable bonds is 4. The molecule has 116 valence electrons. The molecule has 0 unspecified atom stereocenters. The number of aromatic nitrogens is 4. The number of β-amino-alcohol motifs (C(OH)–C–C–N with tert-alkyl or cyclic N) is 1. The highest BCUT2D eigenvalue weighted by Gasteiger charge is 2.33. The van der Waals surface area contributed by atoms with Crippen LogP contribution in [-0.4, -0.2) is 54.9 Å². The fourth-order valence-corrected chi connectivity index (χ4v) is 2.69. The number of aliphatic hydroxyl groups is 1. The molecule has 1 aliphatic heterocycles. The van der Waals surface area contributed by atoms with Crippen molar-refractivity contribution in [1.29, 1.82) is 0 Å². The number of imidazole rings is 1. The first-order chi connectivity index (χ1) is 10.5. The van der Waals surface area contributed by atoms with Crippen LogP contribution in [0.1, 0.15) is 12.2 Å².